The largest absolute Gasteiger partial charge is 0.482 e. The summed E-state index contributed by atoms with van der Waals surface area (Å²) in [6, 6.07) is 6.00. The Labute approximate surface area is 193 Å². The molecule has 0 saturated carbocycles. The van der Waals surface area contributed by atoms with E-state index in [4.69, 9.17) is 9.47 Å². The van der Waals surface area contributed by atoms with Crippen molar-refractivity contribution in [2.24, 2.45) is 7.05 Å². The molecule has 35 heavy (non-hydrogen) atoms. The Morgan fingerprint density at radius 2 is 1.74 bits per heavy atom. The minimum absolute atomic E-state index is 0.111. The number of halogens is 5. The lowest BCUT2D eigenvalue weighted by atomic mass is 10.1. The molecule has 0 unspecified atom stereocenters. The zero-order valence-corrected chi connectivity index (χ0v) is 17.9. The van der Waals surface area contributed by atoms with E-state index in [1.807, 2.05) is 0 Å². The number of ketones is 1. The number of hydrogen-bond acceptors (Lipinski definition) is 6. The van der Waals surface area contributed by atoms with Gasteiger partial charge in [0.1, 0.15) is 35.8 Å². The number of hydrogen-bond donors (Lipinski definition) is 0. The third kappa shape index (κ3) is 5.21. The fourth-order valence-electron chi connectivity index (χ4n) is 2.98. The van der Waals surface area contributed by atoms with Crippen LogP contribution in [0, 0.1) is 23.0 Å². The molecule has 0 atom stereocenters. The molecule has 0 amide bonds. The van der Waals surface area contributed by atoms with Crippen LogP contribution >= 0.6 is 0 Å². The molecule has 0 N–H and O–H groups in total. The van der Waals surface area contributed by atoms with E-state index >= 15 is 0 Å². The van der Waals surface area contributed by atoms with E-state index in [9.17, 15) is 41.6 Å². The van der Waals surface area contributed by atoms with Crippen LogP contribution in [0.15, 0.2) is 46.0 Å². The zero-order chi connectivity index (χ0) is 26.1. The van der Waals surface area contributed by atoms with Crippen LogP contribution in [0.25, 0.3) is 5.69 Å². The average Bonchev–Trinajstić information content (AvgIpc) is 2.76. The maximum absolute atomic E-state index is 14.8. The van der Waals surface area contributed by atoms with Gasteiger partial charge in [-0.15, -0.1) is 0 Å². The molecule has 1 aromatic heterocycles. The second kappa shape index (κ2) is 9.41. The molecule has 0 aliphatic heterocycles. The van der Waals surface area contributed by atoms with Gasteiger partial charge in [-0.3, -0.25) is 14.2 Å². The lowest BCUT2D eigenvalue weighted by Crippen LogP contribution is -2.41. The highest BCUT2D eigenvalue weighted by molar-refractivity contribution is 5.77. The summed E-state index contributed by atoms with van der Waals surface area (Å²) in [5.74, 6) is -3.41. The number of carbonyl (C=O) groups excluding carboxylic acids is 1. The van der Waals surface area contributed by atoms with Gasteiger partial charge in [0.15, 0.2) is 17.3 Å². The topological polar surface area (TPSA) is 103 Å². The van der Waals surface area contributed by atoms with Gasteiger partial charge in [-0.05, 0) is 25.1 Å². The van der Waals surface area contributed by atoms with E-state index in [-0.39, 0.29) is 32.5 Å². The first kappa shape index (κ1) is 25.2. The lowest BCUT2D eigenvalue weighted by Gasteiger charge is -2.16. The summed E-state index contributed by atoms with van der Waals surface area (Å²) in [5, 5.41) is 9.36. The molecular weight excluding hydrogens is 481 g/mol. The normalized spacial score (nSPS) is 11.1. The van der Waals surface area contributed by atoms with Crippen LogP contribution < -0.4 is 20.7 Å². The first-order chi connectivity index (χ1) is 16.3. The number of alkyl halides is 3. The highest BCUT2D eigenvalue weighted by Gasteiger charge is 2.35. The zero-order valence-electron chi connectivity index (χ0n) is 17.9. The van der Waals surface area contributed by atoms with Gasteiger partial charge in [0.05, 0.1) is 11.3 Å². The lowest BCUT2D eigenvalue weighted by molar-refractivity contribution is -0.144. The van der Waals surface area contributed by atoms with Crippen molar-refractivity contribution >= 4 is 5.78 Å². The molecule has 0 spiro atoms. The minimum Gasteiger partial charge on any atom is -0.482 e. The van der Waals surface area contributed by atoms with Crippen molar-refractivity contribution in [1.82, 2.24) is 9.13 Å². The second-order valence-corrected chi connectivity index (χ2v) is 7.14. The Hall–Kier alpha value is -4.47. The fraction of sp³-hybridized carbons (Fsp3) is 0.182. The Morgan fingerprint density at radius 1 is 1.06 bits per heavy atom. The van der Waals surface area contributed by atoms with Crippen molar-refractivity contribution in [1.29, 1.82) is 5.26 Å². The van der Waals surface area contributed by atoms with Crippen LogP contribution in [0.4, 0.5) is 22.0 Å². The van der Waals surface area contributed by atoms with E-state index in [0.717, 1.165) is 31.3 Å². The Balaban J connectivity index is 2.19. The number of rotatable bonds is 6. The van der Waals surface area contributed by atoms with Gasteiger partial charge in [0.2, 0.25) is 0 Å². The van der Waals surface area contributed by atoms with E-state index in [0.29, 0.717) is 6.07 Å². The number of benzene rings is 2. The van der Waals surface area contributed by atoms with Crippen LogP contribution in [-0.2, 0) is 18.0 Å². The van der Waals surface area contributed by atoms with E-state index in [2.05, 4.69) is 0 Å². The van der Waals surface area contributed by atoms with Crippen LogP contribution in [0.5, 0.6) is 17.2 Å². The molecule has 3 rings (SSSR count). The molecule has 0 aliphatic rings. The number of Topliss-reactive ketones (excluding diaryl/α,β-unsaturated/α-hetero) is 1. The predicted octanol–water partition coefficient (Wildman–Crippen LogP) is 3.46. The standard InChI is InChI=1S/C22H14F5N3O5/c1-11(31)10-34-16-4-3-13(23)6-18(16)35-17-7-15(14(24)5-12(17)9-28)30-20(32)8-19(22(25,26)27)29(2)21(30)33/h3-8H,10H2,1-2H3. The quantitative estimate of drug-likeness (QED) is 0.486. The predicted molar refractivity (Wildman–Crippen MR) is 110 cm³/mol. The first-order valence-corrected chi connectivity index (χ1v) is 9.57. The molecule has 2 aromatic carbocycles. The molecule has 3 aromatic rings. The summed E-state index contributed by atoms with van der Waals surface area (Å²) >= 11 is 0. The monoisotopic (exact) mass is 495 g/mol. The van der Waals surface area contributed by atoms with Crippen molar-refractivity contribution in [2.75, 3.05) is 6.61 Å². The van der Waals surface area contributed by atoms with E-state index in [1.165, 1.54) is 6.92 Å². The van der Waals surface area contributed by atoms with Crippen molar-refractivity contribution in [3.8, 4) is 29.0 Å². The highest BCUT2D eigenvalue weighted by atomic mass is 19.4. The van der Waals surface area contributed by atoms with Gasteiger partial charge in [0, 0.05) is 25.2 Å². The molecule has 0 bridgehead atoms. The Morgan fingerprint density at radius 3 is 2.34 bits per heavy atom. The third-order valence-electron chi connectivity index (χ3n) is 4.58. The molecule has 0 saturated heterocycles. The molecule has 0 radical (unpaired) electrons. The van der Waals surface area contributed by atoms with Crippen LogP contribution in [0.2, 0.25) is 0 Å². The smallest absolute Gasteiger partial charge is 0.431 e. The SMILES string of the molecule is CC(=O)COc1ccc(F)cc1Oc1cc(-n2c(=O)cc(C(F)(F)F)n(C)c2=O)c(F)cc1C#N. The van der Waals surface area contributed by atoms with Gasteiger partial charge in [0.25, 0.3) is 5.56 Å². The summed E-state index contributed by atoms with van der Waals surface area (Å²) in [6.45, 7) is 0.825. The molecule has 182 valence electrons. The minimum atomic E-state index is -5.03. The summed E-state index contributed by atoms with van der Waals surface area (Å²) in [6.07, 6.45) is -5.03. The Bertz CT molecular complexity index is 1480. The highest BCUT2D eigenvalue weighted by Crippen LogP contribution is 2.35. The van der Waals surface area contributed by atoms with Crippen LogP contribution in [0.1, 0.15) is 18.2 Å². The molecule has 0 fully saturated rings. The van der Waals surface area contributed by atoms with Crippen molar-refractivity contribution < 1.29 is 36.2 Å². The third-order valence-corrected chi connectivity index (χ3v) is 4.58. The number of aromatic nitrogens is 2. The number of ether oxygens (including phenoxy) is 2. The Kier molecular flexibility index (Phi) is 6.77. The second-order valence-electron chi connectivity index (χ2n) is 7.14. The van der Waals surface area contributed by atoms with Crippen molar-refractivity contribution in [3.05, 3.63) is 80.1 Å². The van der Waals surface area contributed by atoms with E-state index < -0.39 is 58.4 Å². The molecule has 8 nitrogen and oxygen atoms in total. The van der Waals surface area contributed by atoms with Gasteiger partial charge in [-0.2, -0.15) is 18.4 Å². The molecule has 1 heterocycles. The molecule has 13 heteroatoms. The first-order valence-electron chi connectivity index (χ1n) is 9.57. The van der Waals surface area contributed by atoms with E-state index in [1.54, 1.807) is 6.07 Å². The summed E-state index contributed by atoms with van der Waals surface area (Å²) < 4.78 is 78.8. The van der Waals surface area contributed by atoms with Crippen LogP contribution in [0.3, 0.4) is 0 Å². The number of carbonyl (C=O) groups is 1. The van der Waals surface area contributed by atoms with Gasteiger partial charge >= 0.3 is 11.9 Å². The summed E-state index contributed by atoms with van der Waals surface area (Å²) in [4.78, 5) is 36.1. The summed E-state index contributed by atoms with van der Waals surface area (Å²) in [5.41, 5.74) is -5.84. The van der Waals surface area contributed by atoms with Crippen LogP contribution in [-0.4, -0.2) is 21.5 Å². The average molecular weight is 495 g/mol. The maximum Gasteiger partial charge on any atom is 0.431 e. The molecular formula is C22H14F5N3O5. The van der Waals surface area contributed by atoms with Gasteiger partial charge < -0.3 is 9.47 Å². The number of nitrogens with zero attached hydrogens (tertiary/aromatic N) is 3. The molecule has 0 aliphatic carbocycles. The summed E-state index contributed by atoms with van der Waals surface area (Å²) in [7, 11) is 0.742. The maximum atomic E-state index is 14.8. The van der Waals surface area contributed by atoms with Gasteiger partial charge in [-0.1, -0.05) is 0 Å². The van der Waals surface area contributed by atoms with Crippen molar-refractivity contribution in [2.45, 2.75) is 13.1 Å². The van der Waals surface area contributed by atoms with Gasteiger partial charge in [-0.25, -0.2) is 18.1 Å². The fourth-order valence-corrected chi connectivity index (χ4v) is 2.98. The van der Waals surface area contributed by atoms with Crippen molar-refractivity contribution in [3.63, 3.8) is 0 Å². The number of nitriles is 1.